The normalized spacial score (nSPS) is 20.2. The van der Waals surface area contributed by atoms with E-state index in [9.17, 15) is 19.2 Å². The fourth-order valence-corrected chi connectivity index (χ4v) is 3.49. The zero-order valence-electron chi connectivity index (χ0n) is 15.0. The lowest BCUT2D eigenvalue weighted by molar-refractivity contribution is -0.153. The molecular weight excluding hydrogens is 330 g/mol. The minimum absolute atomic E-state index is 0.144. The average Bonchev–Trinajstić information content (AvgIpc) is 2.88. The largest absolute Gasteiger partial charge is 0.466 e. The molecule has 1 aliphatic rings. The van der Waals surface area contributed by atoms with E-state index in [1.807, 2.05) is 20.8 Å². The highest BCUT2D eigenvalue weighted by molar-refractivity contribution is 8.14. The highest BCUT2D eigenvalue weighted by atomic mass is 32.2. The van der Waals surface area contributed by atoms with Gasteiger partial charge >= 0.3 is 5.97 Å². The van der Waals surface area contributed by atoms with E-state index in [0.717, 1.165) is 11.8 Å². The summed E-state index contributed by atoms with van der Waals surface area (Å²) in [4.78, 5) is 48.8. The summed E-state index contributed by atoms with van der Waals surface area (Å²) in [6.07, 6.45) is 0.292. The van der Waals surface area contributed by atoms with Crippen LogP contribution < -0.4 is 5.32 Å². The van der Waals surface area contributed by atoms with Gasteiger partial charge in [0.2, 0.25) is 5.91 Å². The molecule has 24 heavy (non-hydrogen) atoms. The second-order valence-corrected chi connectivity index (χ2v) is 8.81. The van der Waals surface area contributed by atoms with Gasteiger partial charge in [-0.25, -0.2) is 0 Å². The number of ketones is 1. The highest BCUT2D eigenvalue weighted by Crippen LogP contribution is 2.32. The molecule has 1 saturated heterocycles. The van der Waals surface area contributed by atoms with Crippen molar-refractivity contribution in [3.63, 3.8) is 0 Å². The Morgan fingerprint density at radius 3 is 2.42 bits per heavy atom. The van der Waals surface area contributed by atoms with Crippen LogP contribution in [0.3, 0.4) is 0 Å². The Hall–Kier alpha value is -1.37. The van der Waals surface area contributed by atoms with E-state index < -0.39 is 23.7 Å². The second-order valence-electron chi connectivity index (χ2n) is 6.98. The lowest BCUT2D eigenvalue weighted by atomic mass is 9.86. The molecule has 136 valence electrons. The third-order valence-corrected chi connectivity index (χ3v) is 5.02. The summed E-state index contributed by atoms with van der Waals surface area (Å²) < 4.78 is 4.76. The first-order chi connectivity index (χ1) is 11.1. The van der Waals surface area contributed by atoms with Crippen LogP contribution in [0.15, 0.2) is 0 Å². The van der Waals surface area contributed by atoms with Gasteiger partial charge in [-0.05, 0) is 13.3 Å². The van der Waals surface area contributed by atoms with E-state index in [2.05, 4.69) is 5.32 Å². The Morgan fingerprint density at radius 2 is 1.96 bits per heavy atom. The number of carbonyl (C=O) groups is 4. The zero-order chi connectivity index (χ0) is 18.5. The van der Waals surface area contributed by atoms with Crippen LogP contribution in [-0.4, -0.2) is 40.7 Å². The molecule has 6 nitrogen and oxygen atoms in total. The van der Waals surface area contributed by atoms with Gasteiger partial charge in [0.1, 0.15) is 5.78 Å². The molecule has 0 bridgehead atoms. The van der Waals surface area contributed by atoms with Crippen LogP contribution in [0.2, 0.25) is 0 Å². The predicted molar refractivity (Wildman–Crippen MR) is 92.4 cm³/mol. The molecule has 1 N–H and O–H groups in total. The SMILES string of the molecule is CCOC(=O)[C@@H](CC(=O)C1CCNC1=O)[C@@H](C)C(=O)SC(C)(C)C. The summed E-state index contributed by atoms with van der Waals surface area (Å²) in [5, 5.41) is 2.47. The number of hydrogen-bond acceptors (Lipinski definition) is 6. The molecule has 1 aliphatic heterocycles. The molecule has 3 atom stereocenters. The van der Waals surface area contributed by atoms with Crippen LogP contribution in [0.4, 0.5) is 0 Å². The van der Waals surface area contributed by atoms with Crippen molar-refractivity contribution in [3.8, 4) is 0 Å². The van der Waals surface area contributed by atoms with Crippen molar-refractivity contribution in [1.82, 2.24) is 5.32 Å². The summed E-state index contributed by atoms with van der Waals surface area (Å²) in [5.41, 5.74) is 0. The molecule has 1 heterocycles. The smallest absolute Gasteiger partial charge is 0.310 e. The fourth-order valence-electron chi connectivity index (χ4n) is 2.53. The van der Waals surface area contributed by atoms with E-state index in [0.29, 0.717) is 13.0 Å². The van der Waals surface area contributed by atoms with Gasteiger partial charge in [-0.15, -0.1) is 0 Å². The Morgan fingerprint density at radius 1 is 1.33 bits per heavy atom. The molecule has 0 aliphatic carbocycles. The first-order valence-electron chi connectivity index (χ1n) is 8.26. The predicted octanol–water partition coefficient (Wildman–Crippen LogP) is 1.96. The summed E-state index contributed by atoms with van der Waals surface area (Å²) in [7, 11) is 0. The Kier molecular flexibility index (Phi) is 7.45. The minimum atomic E-state index is -0.854. The number of amides is 1. The molecule has 0 spiro atoms. The molecular formula is C17H27NO5S. The van der Waals surface area contributed by atoms with Gasteiger partial charge in [0.25, 0.3) is 0 Å². The van der Waals surface area contributed by atoms with Crippen LogP contribution in [0.5, 0.6) is 0 Å². The maximum Gasteiger partial charge on any atom is 0.310 e. The maximum atomic E-state index is 12.4. The summed E-state index contributed by atoms with van der Waals surface area (Å²) in [6, 6.07) is 0. The lowest BCUT2D eigenvalue weighted by Gasteiger charge is -2.24. The van der Waals surface area contributed by atoms with Gasteiger partial charge in [0.15, 0.2) is 5.12 Å². The number of Topliss-reactive ketones (excluding diaryl/α,β-unsaturated/α-hetero) is 1. The molecule has 0 radical (unpaired) electrons. The first kappa shape index (κ1) is 20.7. The van der Waals surface area contributed by atoms with Crippen molar-refractivity contribution in [2.75, 3.05) is 13.2 Å². The van der Waals surface area contributed by atoms with Crippen molar-refractivity contribution in [2.24, 2.45) is 17.8 Å². The third-order valence-electron chi connectivity index (χ3n) is 3.83. The Bertz CT molecular complexity index is 512. The zero-order valence-corrected chi connectivity index (χ0v) is 15.8. The molecule has 0 aromatic heterocycles. The second kappa shape index (κ2) is 8.65. The summed E-state index contributed by atoms with van der Waals surface area (Å²) in [6.45, 7) is 9.71. The quantitative estimate of drug-likeness (QED) is 0.553. The van der Waals surface area contributed by atoms with Crippen LogP contribution >= 0.6 is 11.8 Å². The summed E-state index contributed by atoms with van der Waals surface area (Å²) >= 11 is 1.15. The average molecular weight is 357 g/mol. The third kappa shape index (κ3) is 5.92. The molecule has 1 rings (SSSR count). The number of nitrogens with one attached hydrogen (secondary N) is 1. The van der Waals surface area contributed by atoms with E-state index in [-0.39, 0.29) is 34.6 Å². The Labute approximate surface area is 147 Å². The standard InChI is InChI=1S/C17H27NO5S/c1-6-23-15(21)12(10(2)16(22)24-17(3,4)5)9-13(19)11-7-8-18-14(11)20/h10-12H,6-9H2,1-5H3,(H,18,20)/t10-,11?,12+/m1/s1. The van der Waals surface area contributed by atoms with Crippen molar-refractivity contribution in [2.45, 2.75) is 52.2 Å². The molecule has 0 saturated carbocycles. The number of thioether (sulfide) groups is 1. The fraction of sp³-hybridized carbons (Fsp3) is 0.765. The molecule has 1 fully saturated rings. The van der Waals surface area contributed by atoms with Gasteiger partial charge in [-0.2, -0.15) is 0 Å². The van der Waals surface area contributed by atoms with E-state index >= 15 is 0 Å². The Balaban J connectivity index is 2.87. The number of carbonyl (C=O) groups excluding carboxylic acids is 4. The monoisotopic (exact) mass is 357 g/mol. The molecule has 1 unspecified atom stereocenters. The van der Waals surface area contributed by atoms with E-state index in [1.165, 1.54) is 0 Å². The van der Waals surface area contributed by atoms with Crippen LogP contribution in [-0.2, 0) is 23.9 Å². The number of hydrogen-bond donors (Lipinski definition) is 1. The van der Waals surface area contributed by atoms with Gasteiger partial charge < -0.3 is 10.1 Å². The molecule has 0 aromatic rings. The van der Waals surface area contributed by atoms with Gasteiger partial charge in [0, 0.05) is 23.6 Å². The van der Waals surface area contributed by atoms with Gasteiger partial charge in [-0.3, -0.25) is 19.2 Å². The van der Waals surface area contributed by atoms with Crippen molar-refractivity contribution in [3.05, 3.63) is 0 Å². The van der Waals surface area contributed by atoms with Crippen LogP contribution in [0, 0.1) is 17.8 Å². The van der Waals surface area contributed by atoms with Gasteiger partial charge in [0.05, 0.1) is 18.4 Å². The molecule has 0 aromatic carbocycles. The topological polar surface area (TPSA) is 89.5 Å². The minimum Gasteiger partial charge on any atom is -0.466 e. The van der Waals surface area contributed by atoms with Crippen molar-refractivity contribution < 1.29 is 23.9 Å². The number of rotatable bonds is 7. The molecule has 1 amide bonds. The number of esters is 1. The van der Waals surface area contributed by atoms with Crippen LogP contribution in [0.25, 0.3) is 0 Å². The first-order valence-corrected chi connectivity index (χ1v) is 9.08. The van der Waals surface area contributed by atoms with Crippen LogP contribution in [0.1, 0.15) is 47.5 Å². The highest BCUT2D eigenvalue weighted by Gasteiger charge is 2.39. The van der Waals surface area contributed by atoms with Gasteiger partial charge in [-0.1, -0.05) is 39.5 Å². The van der Waals surface area contributed by atoms with E-state index in [4.69, 9.17) is 4.74 Å². The van der Waals surface area contributed by atoms with Crippen molar-refractivity contribution in [1.29, 1.82) is 0 Å². The lowest BCUT2D eigenvalue weighted by Crippen LogP contribution is -2.34. The number of ether oxygens (including phenoxy) is 1. The molecule has 7 heteroatoms. The maximum absolute atomic E-state index is 12.4. The summed E-state index contributed by atoms with van der Waals surface area (Å²) in [5.74, 6) is -3.39. The van der Waals surface area contributed by atoms with Crippen molar-refractivity contribution >= 4 is 34.5 Å². The van der Waals surface area contributed by atoms with E-state index in [1.54, 1.807) is 13.8 Å².